The first-order chi connectivity index (χ1) is 8.09. The fraction of sp³-hybridized carbons (Fsp3) is 1.00. The summed E-state index contributed by atoms with van der Waals surface area (Å²) in [7, 11) is -2.87. The predicted octanol–water partition coefficient (Wildman–Crippen LogP) is 2.63. The molecule has 0 aromatic rings. The number of hydrogen-bond donors (Lipinski definition) is 1. The molecule has 1 aliphatic carbocycles. The zero-order valence-electron chi connectivity index (χ0n) is 12.1. The highest BCUT2D eigenvalue weighted by molar-refractivity contribution is 7.90. The van der Waals surface area contributed by atoms with Crippen molar-refractivity contribution in [2.75, 3.05) is 12.0 Å². The van der Waals surface area contributed by atoms with Crippen molar-refractivity contribution in [1.82, 2.24) is 0 Å². The number of sulfone groups is 1. The second-order valence-corrected chi connectivity index (χ2v) is 9.24. The van der Waals surface area contributed by atoms with E-state index in [1.165, 1.54) is 6.26 Å². The number of aliphatic hydroxyl groups excluding tert-OH is 1. The highest BCUT2D eigenvalue weighted by atomic mass is 32.2. The van der Waals surface area contributed by atoms with E-state index in [4.69, 9.17) is 0 Å². The fourth-order valence-corrected chi connectivity index (χ4v) is 3.64. The number of aliphatic hydroxyl groups is 1. The molecule has 0 aromatic heterocycles. The molecule has 108 valence electrons. The van der Waals surface area contributed by atoms with Gasteiger partial charge in [0.25, 0.3) is 0 Å². The first kappa shape index (κ1) is 16.0. The monoisotopic (exact) mass is 276 g/mol. The second kappa shape index (κ2) is 5.91. The topological polar surface area (TPSA) is 54.4 Å². The van der Waals surface area contributed by atoms with Gasteiger partial charge in [-0.1, -0.05) is 20.8 Å². The average molecular weight is 276 g/mol. The largest absolute Gasteiger partial charge is 0.393 e. The molecule has 1 fully saturated rings. The normalized spacial score (nSPS) is 30.4. The Bertz CT molecular complexity index is 354. The third-order valence-electron chi connectivity index (χ3n) is 4.26. The summed E-state index contributed by atoms with van der Waals surface area (Å²) in [5.74, 6) is 1.17. The third kappa shape index (κ3) is 5.27. The summed E-state index contributed by atoms with van der Waals surface area (Å²) in [6.07, 6.45) is 5.55. The standard InChI is InChI=1S/C14H28O3S/c1-14(2,3)12-7-8-13(15)11(10-12)6-5-9-18(4,16)17/h11-13,15H,5-10H2,1-4H3. The molecule has 4 heteroatoms. The quantitative estimate of drug-likeness (QED) is 0.859. The van der Waals surface area contributed by atoms with E-state index in [1.807, 2.05) is 0 Å². The smallest absolute Gasteiger partial charge is 0.147 e. The van der Waals surface area contributed by atoms with Crippen molar-refractivity contribution in [2.45, 2.75) is 59.0 Å². The van der Waals surface area contributed by atoms with Crippen LogP contribution in [0.25, 0.3) is 0 Å². The Morgan fingerprint density at radius 1 is 1.22 bits per heavy atom. The van der Waals surface area contributed by atoms with Gasteiger partial charge >= 0.3 is 0 Å². The van der Waals surface area contributed by atoms with Crippen LogP contribution in [0.15, 0.2) is 0 Å². The lowest BCUT2D eigenvalue weighted by atomic mass is 9.67. The highest BCUT2D eigenvalue weighted by Crippen LogP contribution is 2.41. The van der Waals surface area contributed by atoms with Gasteiger partial charge < -0.3 is 5.11 Å². The molecule has 1 rings (SSSR count). The lowest BCUT2D eigenvalue weighted by Crippen LogP contribution is -2.34. The van der Waals surface area contributed by atoms with E-state index in [9.17, 15) is 13.5 Å². The maximum Gasteiger partial charge on any atom is 0.147 e. The molecule has 3 nitrogen and oxygen atoms in total. The van der Waals surface area contributed by atoms with Crippen molar-refractivity contribution in [2.24, 2.45) is 17.3 Å². The molecule has 1 N–H and O–H groups in total. The number of hydrogen-bond acceptors (Lipinski definition) is 3. The van der Waals surface area contributed by atoms with Crippen molar-refractivity contribution < 1.29 is 13.5 Å². The average Bonchev–Trinajstić information content (AvgIpc) is 2.17. The lowest BCUT2D eigenvalue weighted by Gasteiger charge is -2.40. The van der Waals surface area contributed by atoms with Crippen molar-refractivity contribution in [3.63, 3.8) is 0 Å². The van der Waals surface area contributed by atoms with Crippen LogP contribution in [0.3, 0.4) is 0 Å². The minimum atomic E-state index is -2.87. The van der Waals surface area contributed by atoms with Crippen molar-refractivity contribution >= 4 is 9.84 Å². The Hall–Kier alpha value is -0.0900. The molecule has 3 unspecified atom stereocenters. The van der Waals surface area contributed by atoms with Crippen LogP contribution in [0.1, 0.15) is 52.9 Å². The maximum absolute atomic E-state index is 11.1. The van der Waals surface area contributed by atoms with Crippen LogP contribution in [0, 0.1) is 17.3 Å². The summed E-state index contributed by atoms with van der Waals surface area (Å²) in [6, 6.07) is 0. The summed E-state index contributed by atoms with van der Waals surface area (Å²) in [5.41, 5.74) is 0.287. The molecule has 1 saturated carbocycles. The summed E-state index contributed by atoms with van der Waals surface area (Å²) in [6.45, 7) is 6.76. The number of rotatable bonds is 4. The van der Waals surface area contributed by atoms with Crippen LogP contribution >= 0.6 is 0 Å². The van der Waals surface area contributed by atoms with E-state index in [-0.39, 0.29) is 23.2 Å². The Kier molecular flexibility index (Phi) is 5.24. The second-order valence-electron chi connectivity index (χ2n) is 6.98. The van der Waals surface area contributed by atoms with Crippen LogP contribution in [0.2, 0.25) is 0 Å². The predicted molar refractivity (Wildman–Crippen MR) is 75.2 cm³/mol. The lowest BCUT2D eigenvalue weighted by molar-refractivity contribution is 0.0156. The van der Waals surface area contributed by atoms with Crippen LogP contribution in [0.4, 0.5) is 0 Å². The Labute approximate surface area is 112 Å². The molecular weight excluding hydrogens is 248 g/mol. The van der Waals surface area contributed by atoms with E-state index in [2.05, 4.69) is 20.8 Å². The molecular formula is C14H28O3S. The molecule has 18 heavy (non-hydrogen) atoms. The Morgan fingerprint density at radius 3 is 2.33 bits per heavy atom. The molecule has 0 heterocycles. The van der Waals surface area contributed by atoms with E-state index >= 15 is 0 Å². The van der Waals surface area contributed by atoms with Gasteiger partial charge in [0.05, 0.1) is 6.10 Å². The maximum atomic E-state index is 11.1. The minimum Gasteiger partial charge on any atom is -0.393 e. The van der Waals surface area contributed by atoms with Crippen LogP contribution in [-0.4, -0.2) is 31.6 Å². The molecule has 0 radical (unpaired) electrons. The molecule has 0 aliphatic heterocycles. The highest BCUT2D eigenvalue weighted by Gasteiger charge is 2.34. The fourth-order valence-electron chi connectivity index (χ4n) is 2.95. The first-order valence-corrected chi connectivity index (χ1v) is 9.01. The summed E-state index contributed by atoms with van der Waals surface area (Å²) < 4.78 is 22.2. The molecule has 0 saturated heterocycles. The molecule has 1 aliphatic rings. The summed E-state index contributed by atoms with van der Waals surface area (Å²) >= 11 is 0. The van der Waals surface area contributed by atoms with E-state index in [0.29, 0.717) is 12.3 Å². The van der Waals surface area contributed by atoms with Gasteiger partial charge in [-0.2, -0.15) is 0 Å². The first-order valence-electron chi connectivity index (χ1n) is 6.95. The van der Waals surface area contributed by atoms with Gasteiger partial charge in [-0.15, -0.1) is 0 Å². The zero-order valence-corrected chi connectivity index (χ0v) is 13.0. The van der Waals surface area contributed by atoms with Crippen LogP contribution in [-0.2, 0) is 9.84 Å². The Morgan fingerprint density at radius 2 is 1.83 bits per heavy atom. The van der Waals surface area contributed by atoms with Gasteiger partial charge in [0.2, 0.25) is 0 Å². The zero-order chi connectivity index (χ0) is 14.0. The van der Waals surface area contributed by atoms with Crippen molar-refractivity contribution in [1.29, 1.82) is 0 Å². The van der Waals surface area contributed by atoms with Gasteiger partial charge in [0, 0.05) is 12.0 Å². The van der Waals surface area contributed by atoms with Crippen molar-refractivity contribution in [3.05, 3.63) is 0 Å². The van der Waals surface area contributed by atoms with Gasteiger partial charge in [-0.25, -0.2) is 8.42 Å². The van der Waals surface area contributed by atoms with Crippen molar-refractivity contribution in [3.8, 4) is 0 Å². The van der Waals surface area contributed by atoms with Gasteiger partial charge in [0.1, 0.15) is 9.84 Å². The molecule has 0 amide bonds. The van der Waals surface area contributed by atoms with Gasteiger partial charge in [-0.05, 0) is 49.4 Å². The molecule has 0 bridgehead atoms. The third-order valence-corrected chi connectivity index (χ3v) is 5.29. The minimum absolute atomic E-state index is 0.233. The van der Waals surface area contributed by atoms with Crippen LogP contribution < -0.4 is 0 Å². The molecule has 3 atom stereocenters. The van der Waals surface area contributed by atoms with Gasteiger partial charge in [-0.3, -0.25) is 0 Å². The van der Waals surface area contributed by atoms with Gasteiger partial charge in [0.15, 0.2) is 0 Å². The molecule has 0 spiro atoms. The molecule has 0 aromatic carbocycles. The van der Waals surface area contributed by atoms with E-state index in [1.54, 1.807) is 0 Å². The summed E-state index contributed by atoms with van der Waals surface area (Å²) in [5, 5.41) is 10.0. The van der Waals surface area contributed by atoms with Crippen LogP contribution in [0.5, 0.6) is 0 Å². The SMILES string of the molecule is CC(C)(C)C1CCC(O)C(CCCS(C)(=O)=O)C1. The van der Waals surface area contributed by atoms with E-state index < -0.39 is 9.84 Å². The Balaban J connectivity index is 2.48. The summed E-state index contributed by atoms with van der Waals surface area (Å²) in [4.78, 5) is 0. The van der Waals surface area contributed by atoms with E-state index in [0.717, 1.165) is 25.7 Å².